The summed E-state index contributed by atoms with van der Waals surface area (Å²) < 4.78 is 56.5. The van der Waals surface area contributed by atoms with Crippen LogP contribution in [0.25, 0.3) is 0 Å². The van der Waals surface area contributed by atoms with Crippen LogP contribution in [0, 0.1) is 46.6 Å². The molecule has 44 heavy (non-hydrogen) atoms. The van der Waals surface area contributed by atoms with E-state index in [-0.39, 0.29) is 41.6 Å². The lowest BCUT2D eigenvalue weighted by atomic mass is 9.43. The van der Waals surface area contributed by atoms with Gasteiger partial charge in [-0.25, -0.2) is 13.2 Å². The lowest BCUT2D eigenvalue weighted by molar-refractivity contribution is -0.280. The lowest BCUT2D eigenvalue weighted by Gasteiger charge is -2.66. The molecular formula is C33H46F3NO7. The molecule has 13 atom stereocenters. The fourth-order valence-corrected chi connectivity index (χ4v) is 10.2. The third-order valence-electron chi connectivity index (χ3n) is 12.4. The Labute approximate surface area is 256 Å². The van der Waals surface area contributed by atoms with Crippen LogP contribution >= 0.6 is 0 Å². The number of hydrogen-bond donors (Lipinski definition) is 4. The first-order valence-corrected chi connectivity index (χ1v) is 16.2. The number of amides is 1. The minimum absolute atomic E-state index is 0.000697. The van der Waals surface area contributed by atoms with E-state index >= 15 is 4.39 Å². The van der Waals surface area contributed by atoms with E-state index in [1.807, 2.05) is 6.92 Å². The molecule has 4 N–H and O–H groups in total. The second kappa shape index (κ2) is 12.1. The Morgan fingerprint density at radius 1 is 1.07 bits per heavy atom. The largest absolute Gasteiger partial charge is 0.394 e. The molecule has 11 heteroatoms. The van der Waals surface area contributed by atoms with Gasteiger partial charge in [0, 0.05) is 24.4 Å². The topological polar surface area (TPSA) is 120 Å². The third kappa shape index (κ3) is 5.29. The standard InChI is InChI=1S/C33H46F3NO7/c1-32-10-8-17(43-27-15-25(39)29(40)26(16-38)44-27)13-22(32)19(30(36)41)14-18-20(32)9-11-33(2)21(18)5-4-12-37(33)31(42)28-23(34)6-3-7-24(28)35/h3,6-7,17-22,25-27,29-30,38-41H,4-5,8-16H2,1-2H3/t17-,18+,19?,20?,21?,22?,25+,26+,27+,29-,30?,32+,33-/m0/s1. The highest BCUT2D eigenvalue weighted by Gasteiger charge is 2.63. The van der Waals surface area contributed by atoms with E-state index in [2.05, 4.69) is 6.92 Å². The van der Waals surface area contributed by atoms with Crippen LogP contribution in [-0.4, -0.2) is 87.0 Å². The van der Waals surface area contributed by atoms with Crippen LogP contribution in [0.2, 0.25) is 0 Å². The Kier molecular flexibility index (Phi) is 8.86. The molecule has 3 saturated carbocycles. The molecule has 3 aliphatic carbocycles. The number of rotatable bonds is 5. The summed E-state index contributed by atoms with van der Waals surface area (Å²) in [6.07, 6.45) is -1.03. The molecule has 0 bridgehead atoms. The summed E-state index contributed by atoms with van der Waals surface area (Å²) in [6.45, 7) is 4.15. The number of piperidine rings is 1. The highest BCUT2D eigenvalue weighted by Crippen LogP contribution is 2.65. The summed E-state index contributed by atoms with van der Waals surface area (Å²) in [4.78, 5) is 15.3. The molecule has 246 valence electrons. The van der Waals surface area contributed by atoms with Gasteiger partial charge in [-0.15, -0.1) is 0 Å². The van der Waals surface area contributed by atoms with Gasteiger partial charge in [0.2, 0.25) is 0 Å². The smallest absolute Gasteiger partial charge is 0.260 e. The van der Waals surface area contributed by atoms with Gasteiger partial charge in [0.1, 0.15) is 29.4 Å². The molecule has 0 aromatic heterocycles. The van der Waals surface area contributed by atoms with Crippen molar-refractivity contribution in [2.45, 2.75) is 114 Å². The van der Waals surface area contributed by atoms with Crippen LogP contribution in [0.5, 0.6) is 0 Å². The molecule has 2 heterocycles. The maximum Gasteiger partial charge on any atom is 0.260 e. The summed E-state index contributed by atoms with van der Waals surface area (Å²) in [7, 11) is 0. The van der Waals surface area contributed by atoms with Gasteiger partial charge in [-0.1, -0.05) is 13.0 Å². The van der Waals surface area contributed by atoms with Crippen molar-refractivity contribution in [3.05, 3.63) is 35.4 Å². The number of carbonyl (C=O) groups is 1. The Morgan fingerprint density at radius 2 is 1.80 bits per heavy atom. The predicted octanol–water partition coefficient (Wildman–Crippen LogP) is 3.93. The molecule has 1 aromatic rings. The van der Waals surface area contributed by atoms with Gasteiger partial charge in [-0.05, 0) is 99.5 Å². The van der Waals surface area contributed by atoms with E-state index in [0.717, 1.165) is 31.4 Å². The zero-order valence-electron chi connectivity index (χ0n) is 25.5. The van der Waals surface area contributed by atoms with Crippen molar-refractivity contribution < 1.29 is 47.9 Å². The van der Waals surface area contributed by atoms with Gasteiger partial charge in [0.05, 0.1) is 18.8 Å². The van der Waals surface area contributed by atoms with Crippen molar-refractivity contribution in [2.75, 3.05) is 13.2 Å². The molecule has 6 rings (SSSR count). The molecule has 5 fully saturated rings. The number of nitrogens with zero attached hydrogens (tertiary/aromatic N) is 1. The summed E-state index contributed by atoms with van der Waals surface area (Å²) >= 11 is 0. The average Bonchev–Trinajstić information content (AvgIpc) is 2.97. The van der Waals surface area contributed by atoms with Crippen LogP contribution in [0.3, 0.4) is 0 Å². The normalized spacial score (nSPS) is 44.7. The first-order chi connectivity index (χ1) is 20.9. The fourth-order valence-electron chi connectivity index (χ4n) is 10.2. The Balaban J connectivity index is 1.22. The second-order valence-corrected chi connectivity index (χ2v) is 14.5. The minimum atomic E-state index is -2.04. The van der Waals surface area contributed by atoms with E-state index in [0.29, 0.717) is 38.6 Å². The maximum atomic E-state index is 15.2. The highest BCUT2D eigenvalue weighted by molar-refractivity contribution is 5.95. The Morgan fingerprint density at radius 3 is 2.48 bits per heavy atom. The summed E-state index contributed by atoms with van der Waals surface area (Å²) in [5, 5.41) is 40.4. The highest BCUT2D eigenvalue weighted by atomic mass is 19.1. The van der Waals surface area contributed by atoms with E-state index in [1.54, 1.807) is 4.90 Å². The van der Waals surface area contributed by atoms with Crippen molar-refractivity contribution in [1.29, 1.82) is 0 Å². The SMILES string of the molecule is C[C@]12CC[C@H](O[C@H]3C[C@@H](O)[C@H](O)[C@@H](CO)O3)CC1C(C(O)F)C[C@@H]1C2CC[C@@]2(C)C1CCCN2C(=O)c1c(F)cccc1F. The third-order valence-corrected chi connectivity index (χ3v) is 12.4. The molecule has 0 spiro atoms. The molecular weight excluding hydrogens is 579 g/mol. The minimum Gasteiger partial charge on any atom is -0.394 e. The van der Waals surface area contributed by atoms with Crippen LogP contribution < -0.4 is 0 Å². The monoisotopic (exact) mass is 625 g/mol. The zero-order chi connectivity index (χ0) is 31.6. The summed E-state index contributed by atoms with van der Waals surface area (Å²) in [5.41, 5.74) is -1.47. The Bertz CT molecular complexity index is 1200. The van der Waals surface area contributed by atoms with Gasteiger partial charge in [0.15, 0.2) is 12.6 Å². The number of likely N-dealkylation sites (tertiary alicyclic amines) is 1. The number of alkyl halides is 1. The van der Waals surface area contributed by atoms with Crippen molar-refractivity contribution >= 4 is 5.91 Å². The van der Waals surface area contributed by atoms with Crippen LogP contribution in [0.4, 0.5) is 13.2 Å². The number of ether oxygens (including phenoxy) is 2. The maximum absolute atomic E-state index is 15.2. The zero-order valence-corrected chi connectivity index (χ0v) is 25.5. The van der Waals surface area contributed by atoms with Gasteiger partial charge in [0.25, 0.3) is 5.91 Å². The second-order valence-electron chi connectivity index (χ2n) is 14.5. The predicted molar refractivity (Wildman–Crippen MR) is 153 cm³/mol. The molecule has 0 radical (unpaired) electrons. The Hall–Kier alpha value is -1.76. The van der Waals surface area contributed by atoms with Crippen LogP contribution in [0.1, 0.15) is 82.0 Å². The number of aliphatic hydroxyl groups excluding tert-OH is 4. The van der Waals surface area contributed by atoms with Gasteiger partial charge in [-0.3, -0.25) is 4.79 Å². The number of carbonyl (C=O) groups excluding carboxylic acids is 1. The number of fused-ring (bicyclic) bond motifs is 5. The number of hydrogen-bond acceptors (Lipinski definition) is 7. The molecule has 5 aliphatic rings. The first kappa shape index (κ1) is 32.2. The van der Waals surface area contributed by atoms with E-state index in [4.69, 9.17) is 9.47 Å². The van der Waals surface area contributed by atoms with Crippen molar-refractivity contribution in [3.8, 4) is 0 Å². The van der Waals surface area contributed by atoms with Crippen molar-refractivity contribution in [3.63, 3.8) is 0 Å². The first-order valence-electron chi connectivity index (χ1n) is 16.2. The number of halogens is 3. The fraction of sp³-hybridized carbons (Fsp3) is 0.788. The van der Waals surface area contributed by atoms with Gasteiger partial charge < -0.3 is 34.8 Å². The van der Waals surface area contributed by atoms with E-state index in [9.17, 15) is 34.0 Å². The molecule has 2 saturated heterocycles. The molecule has 5 unspecified atom stereocenters. The van der Waals surface area contributed by atoms with Gasteiger partial charge in [-0.2, -0.15) is 0 Å². The molecule has 1 amide bonds. The average molecular weight is 626 g/mol. The molecule has 1 aromatic carbocycles. The van der Waals surface area contributed by atoms with E-state index in [1.165, 1.54) is 6.07 Å². The lowest BCUT2D eigenvalue weighted by Crippen LogP contribution is -2.66. The van der Waals surface area contributed by atoms with E-state index < -0.39 is 72.1 Å². The van der Waals surface area contributed by atoms with Crippen molar-refractivity contribution in [1.82, 2.24) is 4.90 Å². The molecule has 8 nitrogen and oxygen atoms in total. The van der Waals surface area contributed by atoms with Crippen LogP contribution in [0.15, 0.2) is 18.2 Å². The number of benzene rings is 1. The summed E-state index contributed by atoms with van der Waals surface area (Å²) in [6, 6.07) is 3.45. The quantitative estimate of drug-likeness (QED) is 0.366. The number of aliphatic hydroxyl groups is 4. The van der Waals surface area contributed by atoms with Crippen molar-refractivity contribution in [2.24, 2.45) is 35.0 Å². The molecule has 2 aliphatic heterocycles. The van der Waals surface area contributed by atoms with Gasteiger partial charge >= 0.3 is 0 Å². The van der Waals surface area contributed by atoms with Crippen LogP contribution in [-0.2, 0) is 9.47 Å². The summed E-state index contributed by atoms with van der Waals surface area (Å²) in [5.74, 6) is -2.95.